The quantitative estimate of drug-likeness (QED) is 0.565. The minimum atomic E-state index is -0.793. The average molecular weight is 438 g/mol. The standard InChI is InChI=1S/C17H20BrN5O2S/c1-22-8-13(7-20-22)17-12(9-23(2)21-17)6-19-5-11(3-16(24)25)15-4-14(18)10-26-15/h4,7-11,19H,3,5-6H2,1-2H3,(H,24,25). The molecule has 0 aliphatic rings. The normalized spacial score (nSPS) is 12.4. The maximum Gasteiger partial charge on any atom is 0.304 e. The van der Waals surface area contributed by atoms with E-state index in [2.05, 4.69) is 31.4 Å². The molecule has 3 rings (SSSR count). The number of carbonyl (C=O) groups is 1. The van der Waals surface area contributed by atoms with Crippen LogP contribution in [0.1, 0.15) is 22.8 Å². The van der Waals surface area contributed by atoms with E-state index in [-0.39, 0.29) is 12.3 Å². The van der Waals surface area contributed by atoms with Crippen LogP contribution in [-0.4, -0.2) is 37.2 Å². The smallest absolute Gasteiger partial charge is 0.304 e. The van der Waals surface area contributed by atoms with Crippen LogP contribution in [-0.2, 0) is 25.4 Å². The van der Waals surface area contributed by atoms with Crippen LogP contribution in [0.3, 0.4) is 0 Å². The van der Waals surface area contributed by atoms with Gasteiger partial charge in [0.2, 0.25) is 0 Å². The highest BCUT2D eigenvalue weighted by Gasteiger charge is 2.18. The van der Waals surface area contributed by atoms with Gasteiger partial charge < -0.3 is 10.4 Å². The summed E-state index contributed by atoms with van der Waals surface area (Å²) in [6.07, 6.45) is 5.80. The van der Waals surface area contributed by atoms with Crippen molar-refractivity contribution in [3.8, 4) is 11.3 Å². The Hall–Kier alpha value is -1.97. The van der Waals surface area contributed by atoms with E-state index in [0.29, 0.717) is 13.1 Å². The summed E-state index contributed by atoms with van der Waals surface area (Å²) in [5, 5.41) is 23.3. The van der Waals surface area contributed by atoms with Crippen LogP contribution in [0, 0.1) is 0 Å². The maximum atomic E-state index is 11.2. The van der Waals surface area contributed by atoms with E-state index in [9.17, 15) is 9.90 Å². The number of hydrogen-bond donors (Lipinski definition) is 2. The number of nitrogens with one attached hydrogen (secondary N) is 1. The van der Waals surface area contributed by atoms with Gasteiger partial charge in [0.05, 0.1) is 18.3 Å². The largest absolute Gasteiger partial charge is 0.481 e. The van der Waals surface area contributed by atoms with Gasteiger partial charge in [-0.3, -0.25) is 14.2 Å². The number of nitrogens with zero attached hydrogens (tertiary/aromatic N) is 4. The van der Waals surface area contributed by atoms with Crippen molar-refractivity contribution in [3.63, 3.8) is 0 Å². The average Bonchev–Trinajstić information content (AvgIpc) is 3.26. The van der Waals surface area contributed by atoms with E-state index in [1.165, 1.54) is 0 Å². The molecule has 0 saturated carbocycles. The highest BCUT2D eigenvalue weighted by atomic mass is 79.9. The summed E-state index contributed by atoms with van der Waals surface area (Å²) in [6.45, 7) is 1.20. The first-order chi connectivity index (χ1) is 12.4. The molecule has 9 heteroatoms. The maximum absolute atomic E-state index is 11.2. The minimum Gasteiger partial charge on any atom is -0.481 e. The second-order valence-corrected chi connectivity index (χ2v) is 8.03. The minimum absolute atomic E-state index is 0.0673. The van der Waals surface area contributed by atoms with E-state index in [0.717, 1.165) is 26.2 Å². The fourth-order valence-corrected chi connectivity index (χ4v) is 4.41. The van der Waals surface area contributed by atoms with E-state index >= 15 is 0 Å². The number of carboxylic acid groups (broad SMARTS) is 1. The summed E-state index contributed by atoms with van der Waals surface area (Å²) < 4.78 is 4.52. The van der Waals surface area contributed by atoms with Crippen LogP contribution in [0.25, 0.3) is 11.3 Å². The van der Waals surface area contributed by atoms with Gasteiger partial charge >= 0.3 is 5.97 Å². The Kier molecular flexibility index (Phi) is 5.90. The summed E-state index contributed by atoms with van der Waals surface area (Å²) in [7, 11) is 3.76. The van der Waals surface area contributed by atoms with Crippen LogP contribution in [0.5, 0.6) is 0 Å². The summed E-state index contributed by atoms with van der Waals surface area (Å²) in [4.78, 5) is 12.3. The predicted octanol–water partition coefficient (Wildman–Crippen LogP) is 2.99. The molecule has 3 heterocycles. The zero-order valence-electron chi connectivity index (χ0n) is 14.5. The Morgan fingerprint density at radius 1 is 1.38 bits per heavy atom. The Labute approximate surface area is 163 Å². The van der Waals surface area contributed by atoms with Gasteiger partial charge in [-0.05, 0) is 22.0 Å². The van der Waals surface area contributed by atoms with Crippen molar-refractivity contribution in [2.75, 3.05) is 6.54 Å². The number of aromatic nitrogens is 4. The Bertz CT molecular complexity index is 901. The van der Waals surface area contributed by atoms with Crippen LogP contribution in [0.4, 0.5) is 0 Å². The molecule has 0 aliphatic carbocycles. The third-order valence-corrected chi connectivity index (χ3v) is 5.86. The molecule has 0 radical (unpaired) electrons. The van der Waals surface area contributed by atoms with Crippen LogP contribution in [0.15, 0.2) is 34.5 Å². The number of thiophene rings is 1. The van der Waals surface area contributed by atoms with Crippen molar-refractivity contribution in [1.29, 1.82) is 0 Å². The molecule has 1 atom stereocenters. The molecule has 3 aromatic heterocycles. The predicted molar refractivity (Wildman–Crippen MR) is 104 cm³/mol. The summed E-state index contributed by atoms with van der Waals surface area (Å²) >= 11 is 5.01. The van der Waals surface area contributed by atoms with Crippen LogP contribution in [0.2, 0.25) is 0 Å². The molecule has 2 N–H and O–H groups in total. The molecule has 0 fully saturated rings. The highest BCUT2D eigenvalue weighted by molar-refractivity contribution is 9.10. The molecule has 1 unspecified atom stereocenters. The zero-order valence-corrected chi connectivity index (χ0v) is 16.9. The lowest BCUT2D eigenvalue weighted by molar-refractivity contribution is -0.137. The molecular formula is C17H20BrN5O2S. The number of hydrogen-bond acceptors (Lipinski definition) is 5. The van der Waals surface area contributed by atoms with Gasteiger partial charge in [0.25, 0.3) is 0 Å². The molecule has 0 saturated heterocycles. The first-order valence-corrected chi connectivity index (χ1v) is 9.77. The van der Waals surface area contributed by atoms with E-state index in [4.69, 9.17) is 0 Å². The van der Waals surface area contributed by atoms with Crippen LogP contribution >= 0.6 is 27.3 Å². The Balaban J connectivity index is 1.69. The van der Waals surface area contributed by atoms with Gasteiger partial charge in [-0.15, -0.1) is 11.3 Å². The Morgan fingerprint density at radius 3 is 2.81 bits per heavy atom. The number of aryl methyl sites for hydroxylation is 2. The van der Waals surface area contributed by atoms with Crippen molar-refractivity contribution >= 4 is 33.2 Å². The van der Waals surface area contributed by atoms with E-state index in [1.54, 1.807) is 26.9 Å². The molecule has 0 spiro atoms. The van der Waals surface area contributed by atoms with Crippen molar-refractivity contribution in [2.45, 2.75) is 18.9 Å². The third-order valence-electron chi connectivity index (χ3n) is 4.00. The molecule has 138 valence electrons. The van der Waals surface area contributed by atoms with Crippen molar-refractivity contribution < 1.29 is 9.90 Å². The second-order valence-electron chi connectivity index (χ2n) is 6.17. The molecular weight excluding hydrogens is 418 g/mol. The summed E-state index contributed by atoms with van der Waals surface area (Å²) in [5.41, 5.74) is 2.91. The Morgan fingerprint density at radius 2 is 2.19 bits per heavy atom. The third kappa shape index (κ3) is 4.60. The van der Waals surface area contributed by atoms with Crippen molar-refractivity contribution in [3.05, 3.63) is 45.0 Å². The van der Waals surface area contributed by atoms with Crippen molar-refractivity contribution in [2.24, 2.45) is 14.1 Å². The molecule has 3 aromatic rings. The van der Waals surface area contributed by atoms with Crippen molar-refractivity contribution in [1.82, 2.24) is 24.9 Å². The molecule has 0 amide bonds. The molecule has 0 aliphatic heterocycles. The van der Waals surface area contributed by atoms with Gasteiger partial charge in [0.1, 0.15) is 0 Å². The first kappa shape index (κ1) is 18.8. The van der Waals surface area contributed by atoms with Crippen LogP contribution < -0.4 is 5.32 Å². The zero-order chi connectivity index (χ0) is 18.7. The lowest BCUT2D eigenvalue weighted by Crippen LogP contribution is -2.22. The van der Waals surface area contributed by atoms with Gasteiger partial charge in [-0.2, -0.15) is 10.2 Å². The topological polar surface area (TPSA) is 85.0 Å². The molecule has 26 heavy (non-hydrogen) atoms. The fourth-order valence-electron chi connectivity index (χ4n) is 2.86. The molecule has 0 bridgehead atoms. The lowest BCUT2D eigenvalue weighted by atomic mass is 10.0. The molecule has 7 nitrogen and oxygen atoms in total. The fraction of sp³-hybridized carbons (Fsp3) is 0.353. The number of rotatable bonds is 8. The second kappa shape index (κ2) is 8.15. The highest BCUT2D eigenvalue weighted by Crippen LogP contribution is 2.29. The number of aliphatic carboxylic acids is 1. The number of halogens is 1. The van der Waals surface area contributed by atoms with E-state index in [1.807, 2.05) is 37.9 Å². The summed E-state index contributed by atoms with van der Waals surface area (Å²) in [5.74, 6) is -0.860. The molecule has 0 aromatic carbocycles. The van der Waals surface area contributed by atoms with Gasteiger partial charge in [-0.25, -0.2) is 0 Å². The number of carboxylic acids is 1. The lowest BCUT2D eigenvalue weighted by Gasteiger charge is -2.14. The SMILES string of the molecule is Cn1cc(-c2nn(C)cc2CNCC(CC(=O)O)c2cc(Br)cs2)cn1. The van der Waals surface area contributed by atoms with E-state index < -0.39 is 5.97 Å². The monoisotopic (exact) mass is 437 g/mol. The van der Waals surface area contributed by atoms with Gasteiger partial charge in [0, 0.05) is 71.4 Å². The first-order valence-electron chi connectivity index (χ1n) is 8.10. The van der Waals surface area contributed by atoms with Gasteiger partial charge in [0.15, 0.2) is 0 Å². The summed E-state index contributed by atoms with van der Waals surface area (Å²) in [6, 6.07) is 1.99. The van der Waals surface area contributed by atoms with Gasteiger partial charge in [-0.1, -0.05) is 0 Å².